The Labute approximate surface area is 172 Å². The third-order valence-corrected chi connectivity index (χ3v) is 2.87. The predicted molar refractivity (Wildman–Crippen MR) is 114 cm³/mol. The fourth-order valence-corrected chi connectivity index (χ4v) is 1.91. The number of pyridine rings is 1. The van der Waals surface area contributed by atoms with E-state index in [1.165, 1.54) is 6.20 Å². The summed E-state index contributed by atoms with van der Waals surface area (Å²) in [6, 6.07) is 3.42. The number of rotatable bonds is 7. The normalized spacial score (nSPS) is 11.2. The van der Waals surface area contributed by atoms with Gasteiger partial charge in [-0.3, -0.25) is 14.6 Å². The van der Waals surface area contributed by atoms with Crippen molar-refractivity contribution in [1.29, 1.82) is 0 Å². The summed E-state index contributed by atoms with van der Waals surface area (Å²) in [7, 11) is 0. The van der Waals surface area contributed by atoms with E-state index in [2.05, 4.69) is 31.2 Å². The van der Waals surface area contributed by atoms with Crippen molar-refractivity contribution < 1.29 is 9.59 Å². The molecule has 0 spiro atoms. The fourth-order valence-electron chi connectivity index (χ4n) is 1.91. The molecule has 0 atom stereocenters. The average Bonchev–Trinajstić information content (AvgIpc) is 2.55. The molecule has 9 heteroatoms. The Morgan fingerprint density at radius 3 is 2.42 bits per heavy atom. The number of hydrogen-bond donors (Lipinski definition) is 4. The summed E-state index contributed by atoms with van der Waals surface area (Å²) < 4.78 is 0. The first-order valence-electron chi connectivity index (χ1n) is 8.33. The topological polar surface area (TPSA) is 108 Å². The third kappa shape index (κ3) is 10.9. The van der Waals surface area contributed by atoms with Crippen LogP contribution < -0.4 is 21.3 Å². The molecule has 0 bridgehead atoms. The van der Waals surface area contributed by atoms with Crippen LogP contribution >= 0.6 is 24.0 Å². The molecule has 0 aromatic carbocycles. The van der Waals surface area contributed by atoms with Gasteiger partial charge in [0, 0.05) is 37.6 Å². The zero-order chi connectivity index (χ0) is 18.7. The van der Waals surface area contributed by atoms with Crippen molar-refractivity contribution in [3.05, 3.63) is 30.1 Å². The number of carbonyl (C=O) groups excluding carboxylic acids is 2. The molecule has 0 saturated heterocycles. The molecular formula is C17H29IN6O2. The molecule has 0 aliphatic carbocycles. The van der Waals surface area contributed by atoms with Gasteiger partial charge in [-0.15, -0.1) is 24.0 Å². The zero-order valence-corrected chi connectivity index (χ0v) is 18.1. The van der Waals surface area contributed by atoms with Crippen molar-refractivity contribution in [3.63, 3.8) is 0 Å². The number of guanidine groups is 1. The average molecular weight is 476 g/mol. The van der Waals surface area contributed by atoms with Gasteiger partial charge in [-0.2, -0.15) is 0 Å². The van der Waals surface area contributed by atoms with Gasteiger partial charge >= 0.3 is 0 Å². The van der Waals surface area contributed by atoms with Crippen molar-refractivity contribution in [2.45, 2.75) is 33.2 Å². The largest absolute Gasteiger partial charge is 0.357 e. The summed E-state index contributed by atoms with van der Waals surface area (Å²) in [5, 5.41) is 11.8. The second-order valence-electron chi connectivity index (χ2n) is 6.42. The molecule has 146 valence electrons. The van der Waals surface area contributed by atoms with E-state index in [-0.39, 0.29) is 47.9 Å². The Hall–Kier alpha value is -1.91. The lowest BCUT2D eigenvalue weighted by Gasteiger charge is -2.20. The summed E-state index contributed by atoms with van der Waals surface area (Å²) in [5.74, 6) is 0.207. The maximum absolute atomic E-state index is 11.9. The molecule has 8 nitrogen and oxygen atoms in total. The zero-order valence-electron chi connectivity index (χ0n) is 15.8. The second kappa shape index (κ2) is 12.4. The van der Waals surface area contributed by atoms with Gasteiger partial charge in [0.05, 0.1) is 5.56 Å². The number of hydrogen-bond acceptors (Lipinski definition) is 4. The van der Waals surface area contributed by atoms with Gasteiger partial charge in [0.2, 0.25) is 5.91 Å². The molecule has 2 amide bonds. The number of carbonyl (C=O) groups is 2. The number of nitrogens with zero attached hydrogens (tertiary/aromatic N) is 2. The van der Waals surface area contributed by atoms with E-state index >= 15 is 0 Å². The van der Waals surface area contributed by atoms with Crippen molar-refractivity contribution in [3.8, 4) is 0 Å². The fraction of sp³-hybridized carbons (Fsp3) is 0.529. The van der Waals surface area contributed by atoms with Gasteiger partial charge in [0.15, 0.2) is 5.96 Å². The van der Waals surface area contributed by atoms with Crippen LogP contribution in [0.3, 0.4) is 0 Å². The molecule has 0 aliphatic rings. The van der Waals surface area contributed by atoms with E-state index in [1.807, 2.05) is 27.7 Å². The molecule has 1 aromatic rings. The third-order valence-electron chi connectivity index (χ3n) is 2.87. The molecular weight excluding hydrogens is 447 g/mol. The Kier molecular flexibility index (Phi) is 11.5. The highest BCUT2D eigenvalue weighted by atomic mass is 127. The molecule has 26 heavy (non-hydrogen) atoms. The van der Waals surface area contributed by atoms with Crippen molar-refractivity contribution >= 4 is 41.8 Å². The van der Waals surface area contributed by atoms with Crippen LogP contribution in [0.4, 0.5) is 0 Å². The number of halogens is 1. The van der Waals surface area contributed by atoms with Crippen LogP contribution in [0.2, 0.25) is 0 Å². The highest BCUT2D eigenvalue weighted by Crippen LogP contribution is 1.97. The summed E-state index contributed by atoms with van der Waals surface area (Å²) in [6.07, 6.45) is 3.13. The summed E-state index contributed by atoms with van der Waals surface area (Å²) >= 11 is 0. The molecule has 0 unspecified atom stereocenters. The SMILES string of the molecule is CCNC(=NCC(=O)NC(C)(C)C)NCCNC(=O)c1cccnc1.I. The number of nitrogens with one attached hydrogen (secondary N) is 4. The molecule has 1 heterocycles. The first-order chi connectivity index (χ1) is 11.8. The van der Waals surface area contributed by atoms with Crippen LogP contribution in [0.5, 0.6) is 0 Å². The van der Waals surface area contributed by atoms with Crippen LogP contribution in [-0.2, 0) is 4.79 Å². The van der Waals surface area contributed by atoms with E-state index in [4.69, 9.17) is 0 Å². The number of aromatic nitrogens is 1. The second-order valence-corrected chi connectivity index (χ2v) is 6.42. The monoisotopic (exact) mass is 476 g/mol. The Bertz CT molecular complexity index is 587. The molecule has 0 fully saturated rings. The van der Waals surface area contributed by atoms with Crippen LogP contribution in [0.1, 0.15) is 38.1 Å². The Balaban J connectivity index is 0.00000625. The number of aliphatic imine (C=N–C) groups is 1. The maximum atomic E-state index is 11.9. The first-order valence-corrected chi connectivity index (χ1v) is 8.33. The van der Waals surface area contributed by atoms with Gasteiger partial charge in [-0.05, 0) is 39.8 Å². The molecule has 1 rings (SSSR count). The Morgan fingerprint density at radius 2 is 1.85 bits per heavy atom. The lowest BCUT2D eigenvalue weighted by molar-refractivity contribution is -0.121. The minimum atomic E-state index is -0.283. The molecule has 0 radical (unpaired) electrons. The van der Waals surface area contributed by atoms with E-state index in [1.54, 1.807) is 18.3 Å². The van der Waals surface area contributed by atoms with E-state index < -0.39 is 0 Å². The summed E-state index contributed by atoms with van der Waals surface area (Å²) in [5.41, 5.74) is 0.233. The minimum absolute atomic E-state index is 0. The van der Waals surface area contributed by atoms with Gasteiger partial charge < -0.3 is 21.3 Å². The van der Waals surface area contributed by atoms with Crippen LogP contribution in [-0.4, -0.2) is 54.5 Å². The summed E-state index contributed by atoms with van der Waals surface area (Å²) in [4.78, 5) is 31.8. The van der Waals surface area contributed by atoms with Crippen LogP contribution in [0.15, 0.2) is 29.5 Å². The van der Waals surface area contributed by atoms with Gasteiger partial charge in [0.1, 0.15) is 6.54 Å². The highest BCUT2D eigenvalue weighted by Gasteiger charge is 2.13. The lowest BCUT2D eigenvalue weighted by atomic mass is 10.1. The van der Waals surface area contributed by atoms with Crippen molar-refractivity contribution in [1.82, 2.24) is 26.3 Å². The van der Waals surface area contributed by atoms with E-state index in [9.17, 15) is 9.59 Å². The first kappa shape index (κ1) is 24.1. The highest BCUT2D eigenvalue weighted by molar-refractivity contribution is 14.0. The van der Waals surface area contributed by atoms with Crippen molar-refractivity contribution in [2.75, 3.05) is 26.2 Å². The quantitative estimate of drug-likeness (QED) is 0.203. The smallest absolute Gasteiger partial charge is 0.252 e. The van der Waals surface area contributed by atoms with Gasteiger partial charge in [-0.1, -0.05) is 0 Å². The molecule has 0 saturated carbocycles. The summed E-state index contributed by atoms with van der Waals surface area (Å²) in [6.45, 7) is 9.32. The predicted octanol–water partition coefficient (Wildman–Crippen LogP) is 0.899. The minimum Gasteiger partial charge on any atom is -0.357 e. The van der Waals surface area contributed by atoms with E-state index in [0.29, 0.717) is 31.2 Å². The maximum Gasteiger partial charge on any atom is 0.252 e. The molecule has 1 aromatic heterocycles. The molecule has 0 aliphatic heterocycles. The number of amides is 2. The van der Waals surface area contributed by atoms with Crippen LogP contribution in [0, 0.1) is 0 Å². The standard InChI is InChI=1S/C17H28N6O2.HI/c1-5-19-16(22-12-14(24)23-17(2,3)4)21-10-9-20-15(25)13-7-6-8-18-11-13;/h6-8,11H,5,9-10,12H2,1-4H3,(H,20,25)(H,23,24)(H2,19,21,22);1H. The molecule has 4 N–H and O–H groups in total. The van der Waals surface area contributed by atoms with Crippen LogP contribution in [0.25, 0.3) is 0 Å². The van der Waals surface area contributed by atoms with Gasteiger partial charge in [0.25, 0.3) is 5.91 Å². The van der Waals surface area contributed by atoms with E-state index in [0.717, 1.165) is 0 Å². The Morgan fingerprint density at radius 1 is 1.15 bits per heavy atom. The lowest BCUT2D eigenvalue weighted by Crippen LogP contribution is -2.44. The van der Waals surface area contributed by atoms with Gasteiger partial charge in [-0.25, -0.2) is 4.99 Å². The van der Waals surface area contributed by atoms with Crippen molar-refractivity contribution in [2.24, 2.45) is 4.99 Å².